The molecule has 0 radical (unpaired) electrons. The van der Waals surface area contributed by atoms with Gasteiger partial charge in [0.2, 0.25) is 0 Å². The Morgan fingerprint density at radius 2 is 2.00 bits per heavy atom. The van der Waals surface area contributed by atoms with E-state index in [1.54, 1.807) is 0 Å². The lowest BCUT2D eigenvalue weighted by Gasteiger charge is -2.10. The van der Waals surface area contributed by atoms with Gasteiger partial charge in [0.15, 0.2) is 0 Å². The number of aliphatic hydroxyl groups excluding tert-OH is 1. The summed E-state index contributed by atoms with van der Waals surface area (Å²) in [5, 5.41) is 8.89. The van der Waals surface area contributed by atoms with Crippen LogP contribution in [0, 0.1) is 5.92 Å². The van der Waals surface area contributed by atoms with Crippen molar-refractivity contribution in [3.63, 3.8) is 0 Å². The molecule has 0 amide bonds. The number of hydrogen-bond acceptors (Lipinski definition) is 3. The molecule has 0 spiro atoms. The first kappa shape index (κ1) is 10.5. The molecule has 1 unspecified atom stereocenters. The monoisotopic (exact) mass is 207 g/mol. The molecule has 0 heterocycles. The molecule has 1 aromatic carbocycles. The molecular formula is C12H17NO2. The van der Waals surface area contributed by atoms with Gasteiger partial charge in [-0.3, -0.25) is 0 Å². The predicted octanol–water partition coefficient (Wildman–Crippen LogP) is 1.47. The van der Waals surface area contributed by atoms with Crippen molar-refractivity contribution >= 4 is 0 Å². The summed E-state index contributed by atoms with van der Waals surface area (Å²) in [5.41, 5.74) is 6.63. The first-order chi connectivity index (χ1) is 7.29. The fraction of sp³-hybridized carbons (Fsp3) is 0.500. The summed E-state index contributed by atoms with van der Waals surface area (Å²) in [6.07, 6.45) is 2.60. The van der Waals surface area contributed by atoms with Gasteiger partial charge in [-0.2, -0.15) is 0 Å². The molecule has 1 saturated carbocycles. The molecule has 3 N–H and O–H groups in total. The van der Waals surface area contributed by atoms with E-state index in [0.717, 1.165) is 23.8 Å². The summed E-state index contributed by atoms with van der Waals surface area (Å²) in [4.78, 5) is 0. The van der Waals surface area contributed by atoms with E-state index >= 15 is 0 Å². The molecule has 0 aliphatic heterocycles. The summed E-state index contributed by atoms with van der Waals surface area (Å²) in [5.74, 6) is 1.65. The van der Waals surface area contributed by atoms with Crippen LogP contribution in [0.25, 0.3) is 0 Å². The average Bonchev–Trinajstić information content (AvgIpc) is 3.10. The number of hydrogen-bond donors (Lipinski definition) is 2. The number of benzene rings is 1. The van der Waals surface area contributed by atoms with Crippen LogP contribution in [-0.4, -0.2) is 18.3 Å². The van der Waals surface area contributed by atoms with Crippen LogP contribution >= 0.6 is 0 Å². The molecule has 0 saturated heterocycles. The molecule has 1 aliphatic rings. The minimum atomic E-state index is -0.289. The fourth-order valence-corrected chi connectivity index (χ4v) is 1.42. The van der Waals surface area contributed by atoms with Crippen molar-refractivity contribution in [2.24, 2.45) is 11.7 Å². The van der Waals surface area contributed by atoms with Crippen molar-refractivity contribution < 1.29 is 9.84 Å². The smallest absolute Gasteiger partial charge is 0.119 e. The van der Waals surface area contributed by atoms with E-state index in [1.165, 1.54) is 12.8 Å². The third-order valence-electron chi connectivity index (χ3n) is 2.69. The quantitative estimate of drug-likeness (QED) is 0.768. The van der Waals surface area contributed by atoms with E-state index in [4.69, 9.17) is 15.6 Å². The van der Waals surface area contributed by atoms with Crippen LogP contribution in [0.5, 0.6) is 5.75 Å². The van der Waals surface area contributed by atoms with Crippen LogP contribution in [0.2, 0.25) is 0 Å². The Balaban J connectivity index is 1.90. The standard InChI is InChI=1S/C12H17NO2/c13-12(7-14)10-3-5-11(6-4-10)15-8-9-1-2-9/h3-6,9,12,14H,1-2,7-8,13H2. The van der Waals surface area contributed by atoms with E-state index in [2.05, 4.69) is 0 Å². The van der Waals surface area contributed by atoms with Crippen molar-refractivity contribution in [3.05, 3.63) is 29.8 Å². The predicted molar refractivity (Wildman–Crippen MR) is 58.7 cm³/mol. The third-order valence-corrected chi connectivity index (χ3v) is 2.69. The number of rotatable bonds is 5. The van der Waals surface area contributed by atoms with E-state index in [1.807, 2.05) is 24.3 Å². The minimum absolute atomic E-state index is 0.0255. The van der Waals surface area contributed by atoms with E-state index < -0.39 is 0 Å². The molecule has 0 bridgehead atoms. The second kappa shape index (κ2) is 4.64. The first-order valence-electron chi connectivity index (χ1n) is 5.39. The maximum atomic E-state index is 8.89. The van der Waals surface area contributed by atoms with Crippen LogP contribution in [0.4, 0.5) is 0 Å². The summed E-state index contributed by atoms with van der Waals surface area (Å²) in [7, 11) is 0. The molecule has 1 fully saturated rings. The lowest BCUT2D eigenvalue weighted by Crippen LogP contribution is -2.14. The molecular weight excluding hydrogens is 190 g/mol. The van der Waals surface area contributed by atoms with Crippen LogP contribution in [0.3, 0.4) is 0 Å². The van der Waals surface area contributed by atoms with Crippen LogP contribution in [0.1, 0.15) is 24.4 Å². The van der Waals surface area contributed by atoms with Crippen LogP contribution in [-0.2, 0) is 0 Å². The first-order valence-corrected chi connectivity index (χ1v) is 5.39. The van der Waals surface area contributed by atoms with Crippen molar-refractivity contribution in [3.8, 4) is 5.75 Å². The molecule has 1 aliphatic carbocycles. The van der Waals surface area contributed by atoms with Gasteiger partial charge >= 0.3 is 0 Å². The van der Waals surface area contributed by atoms with Crippen LogP contribution in [0.15, 0.2) is 24.3 Å². The molecule has 15 heavy (non-hydrogen) atoms. The normalized spacial score (nSPS) is 17.5. The second-order valence-corrected chi connectivity index (χ2v) is 4.11. The maximum Gasteiger partial charge on any atom is 0.119 e. The zero-order chi connectivity index (χ0) is 10.7. The molecule has 3 nitrogen and oxygen atoms in total. The summed E-state index contributed by atoms with van der Waals surface area (Å²) in [6.45, 7) is 0.799. The van der Waals surface area contributed by atoms with Gasteiger partial charge in [-0.15, -0.1) is 0 Å². The Hall–Kier alpha value is -1.06. The number of ether oxygens (including phenoxy) is 1. The van der Waals surface area contributed by atoms with E-state index in [9.17, 15) is 0 Å². The highest BCUT2D eigenvalue weighted by atomic mass is 16.5. The zero-order valence-electron chi connectivity index (χ0n) is 8.73. The van der Waals surface area contributed by atoms with Gasteiger partial charge in [0.05, 0.1) is 19.3 Å². The Labute approximate surface area is 89.9 Å². The van der Waals surface area contributed by atoms with Crippen molar-refractivity contribution in [2.45, 2.75) is 18.9 Å². The lowest BCUT2D eigenvalue weighted by atomic mass is 10.1. The largest absolute Gasteiger partial charge is 0.493 e. The van der Waals surface area contributed by atoms with Crippen molar-refractivity contribution in [1.82, 2.24) is 0 Å². The zero-order valence-corrected chi connectivity index (χ0v) is 8.73. The van der Waals surface area contributed by atoms with Gasteiger partial charge in [-0.05, 0) is 36.5 Å². The Morgan fingerprint density at radius 3 is 2.53 bits per heavy atom. The Bertz CT molecular complexity index is 306. The summed E-state index contributed by atoms with van der Waals surface area (Å²) >= 11 is 0. The highest BCUT2D eigenvalue weighted by Gasteiger charge is 2.21. The molecule has 1 atom stereocenters. The van der Waals surface area contributed by atoms with Gasteiger partial charge in [0, 0.05) is 0 Å². The summed E-state index contributed by atoms with van der Waals surface area (Å²) < 4.78 is 5.59. The number of aliphatic hydroxyl groups is 1. The van der Waals surface area contributed by atoms with Gasteiger partial charge in [-0.1, -0.05) is 12.1 Å². The van der Waals surface area contributed by atoms with Gasteiger partial charge in [-0.25, -0.2) is 0 Å². The minimum Gasteiger partial charge on any atom is -0.493 e. The molecule has 0 aromatic heterocycles. The summed E-state index contributed by atoms with van der Waals surface area (Å²) in [6, 6.07) is 7.34. The van der Waals surface area contributed by atoms with E-state index in [-0.39, 0.29) is 12.6 Å². The highest BCUT2D eigenvalue weighted by molar-refractivity contribution is 5.29. The van der Waals surface area contributed by atoms with Gasteiger partial charge in [0.1, 0.15) is 5.75 Å². The third kappa shape index (κ3) is 2.94. The molecule has 3 heteroatoms. The fourth-order valence-electron chi connectivity index (χ4n) is 1.42. The van der Waals surface area contributed by atoms with Crippen molar-refractivity contribution in [2.75, 3.05) is 13.2 Å². The topological polar surface area (TPSA) is 55.5 Å². The van der Waals surface area contributed by atoms with E-state index in [0.29, 0.717) is 0 Å². The van der Waals surface area contributed by atoms with Crippen LogP contribution < -0.4 is 10.5 Å². The molecule has 1 aromatic rings. The highest BCUT2D eigenvalue weighted by Crippen LogP contribution is 2.29. The maximum absolute atomic E-state index is 8.89. The second-order valence-electron chi connectivity index (χ2n) is 4.11. The van der Waals surface area contributed by atoms with Crippen molar-refractivity contribution in [1.29, 1.82) is 0 Å². The Morgan fingerprint density at radius 1 is 1.33 bits per heavy atom. The molecule has 82 valence electrons. The van der Waals surface area contributed by atoms with Gasteiger partial charge < -0.3 is 15.6 Å². The SMILES string of the molecule is NC(CO)c1ccc(OCC2CC2)cc1. The number of nitrogens with two attached hydrogens (primary N) is 1. The average molecular weight is 207 g/mol. The lowest BCUT2D eigenvalue weighted by molar-refractivity contribution is 0.267. The van der Waals surface area contributed by atoms with Gasteiger partial charge in [0.25, 0.3) is 0 Å². The molecule has 2 rings (SSSR count). The Kier molecular flexibility index (Phi) is 3.23.